The van der Waals surface area contributed by atoms with Gasteiger partial charge in [0.05, 0.1) is 0 Å². The van der Waals surface area contributed by atoms with Crippen LogP contribution in [-0.2, 0) is 4.74 Å². The zero-order valence-corrected chi connectivity index (χ0v) is 13.2. The molecule has 1 unspecified atom stereocenters. The van der Waals surface area contributed by atoms with Crippen LogP contribution in [0.2, 0.25) is 0 Å². The van der Waals surface area contributed by atoms with Crippen LogP contribution in [0.25, 0.3) is 0 Å². The molecule has 6 nitrogen and oxygen atoms in total. The van der Waals surface area contributed by atoms with Crippen LogP contribution < -0.4 is 5.32 Å². The number of rotatable bonds is 4. The smallest absolute Gasteiger partial charge is 0.410 e. The Balaban J connectivity index is 2.24. The largest absolute Gasteiger partial charge is 0.444 e. The van der Waals surface area contributed by atoms with Crippen molar-refractivity contribution >= 4 is 12.1 Å². The minimum Gasteiger partial charge on any atom is -0.444 e. The van der Waals surface area contributed by atoms with Gasteiger partial charge in [0.15, 0.2) is 0 Å². The monoisotopic (exact) mass is 285 g/mol. The first-order valence-electron chi connectivity index (χ1n) is 7.16. The van der Waals surface area contributed by atoms with Gasteiger partial charge < -0.3 is 19.9 Å². The number of carbonyl (C=O) groups excluding carboxylic acids is 2. The van der Waals surface area contributed by atoms with Crippen LogP contribution in [0.3, 0.4) is 0 Å². The molecule has 1 aliphatic heterocycles. The van der Waals surface area contributed by atoms with Crippen molar-refractivity contribution in [3.05, 3.63) is 0 Å². The SMILES string of the molecule is CC(CNC(=O)N1CCC1)CN(C)C(=O)OC(C)(C)C. The highest BCUT2D eigenvalue weighted by atomic mass is 16.6. The fourth-order valence-corrected chi connectivity index (χ4v) is 1.84. The van der Waals surface area contributed by atoms with Gasteiger partial charge in [-0.1, -0.05) is 6.92 Å². The van der Waals surface area contributed by atoms with Crippen molar-refractivity contribution in [3.63, 3.8) is 0 Å². The summed E-state index contributed by atoms with van der Waals surface area (Å²) >= 11 is 0. The van der Waals surface area contributed by atoms with Crippen LogP contribution >= 0.6 is 0 Å². The Labute approximate surface area is 121 Å². The van der Waals surface area contributed by atoms with Crippen LogP contribution in [0.15, 0.2) is 0 Å². The second-order valence-electron chi connectivity index (χ2n) is 6.49. The van der Waals surface area contributed by atoms with Gasteiger partial charge >= 0.3 is 12.1 Å². The predicted octanol–water partition coefficient (Wildman–Crippen LogP) is 1.90. The Morgan fingerprint density at radius 1 is 1.35 bits per heavy atom. The highest BCUT2D eigenvalue weighted by molar-refractivity contribution is 5.74. The lowest BCUT2D eigenvalue weighted by Crippen LogP contribution is -2.49. The molecule has 0 aromatic carbocycles. The zero-order valence-electron chi connectivity index (χ0n) is 13.2. The lowest BCUT2D eigenvalue weighted by atomic mass is 10.1. The van der Waals surface area contributed by atoms with Gasteiger partial charge in [-0.15, -0.1) is 0 Å². The first kappa shape index (κ1) is 16.6. The Morgan fingerprint density at radius 2 is 1.95 bits per heavy atom. The van der Waals surface area contributed by atoms with Crippen LogP contribution in [0, 0.1) is 5.92 Å². The Kier molecular flexibility index (Phi) is 5.65. The third-order valence-electron chi connectivity index (χ3n) is 3.04. The van der Waals surface area contributed by atoms with Crippen molar-refractivity contribution in [1.82, 2.24) is 15.1 Å². The van der Waals surface area contributed by atoms with E-state index in [1.807, 2.05) is 27.7 Å². The van der Waals surface area contributed by atoms with Gasteiger partial charge in [-0.3, -0.25) is 0 Å². The molecule has 20 heavy (non-hydrogen) atoms. The van der Waals surface area contributed by atoms with E-state index in [2.05, 4.69) is 5.32 Å². The quantitative estimate of drug-likeness (QED) is 0.858. The maximum atomic E-state index is 11.8. The average molecular weight is 285 g/mol. The molecule has 6 heteroatoms. The van der Waals surface area contributed by atoms with Gasteiger partial charge in [-0.2, -0.15) is 0 Å². The van der Waals surface area contributed by atoms with E-state index < -0.39 is 5.60 Å². The van der Waals surface area contributed by atoms with Crippen LogP contribution in [0.5, 0.6) is 0 Å². The normalized spacial score (nSPS) is 16.1. The van der Waals surface area contributed by atoms with Gasteiger partial charge in [0.1, 0.15) is 5.60 Å². The number of urea groups is 1. The molecule has 0 bridgehead atoms. The van der Waals surface area contributed by atoms with Gasteiger partial charge in [0.2, 0.25) is 0 Å². The molecule has 3 amide bonds. The summed E-state index contributed by atoms with van der Waals surface area (Å²) in [5, 5.41) is 2.89. The fourth-order valence-electron chi connectivity index (χ4n) is 1.84. The molecule has 0 aromatic rings. The minimum absolute atomic E-state index is 0.0111. The van der Waals surface area contributed by atoms with Crippen LogP contribution in [-0.4, -0.2) is 60.8 Å². The number of likely N-dealkylation sites (tertiary alicyclic amines) is 1. The highest BCUT2D eigenvalue weighted by Crippen LogP contribution is 2.10. The van der Waals surface area contributed by atoms with E-state index in [1.165, 1.54) is 0 Å². The summed E-state index contributed by atoms with van der Waals surface area (Å²) in [6, 6.07) is -0.0111. The molecule has 0 radical (unpaired) electrons. The number of ether oxygens (including phenoxy) is 1. The van der Waals surface area contributed by atoms with E-state index in [9.17, 15) is 9.59 Å². The topological polar surface area (TPSA) is 61.9 Å². The summed E-state index contributed by atoms with van der Waals surface area (Å²) in [7, 11) is 1.71. The number of carbonyl (C=O) groups is 2. The average Bonchev–Trinajstić information content (AvgIpc) is 2.21. The predicted molar refractivity (Wildman–Crippen MR) is 77.6 cm³/mol. The number of nitrogens with zero attached hydrogens (tertiary/aromatic N) is 2. The second kappa shape index (κ2) is 6.81. The van der Waals surface area contributed by atoms with Crippen LogP contribution in [0.4, 0.5) is 9.59 Å². The maximum absolute atomic E-state index is 11.8. The molecular weight excluding hydrogens is 258 g/mol. The molecule has 116 valence electrons. The van der Waals surface area contributed by atoms with Gasteiger partial charge in [-0.05, 0) is 33.1 Å². The molecule has 1 N–H and O–H groups in total. The first-order chi connectivity index (χ1) is 9.19. The van der Waals surface area contributed by atoms with Crippen molar-refractivity contribution < 1.29 is 14.3 Å². The van der Waals surface area contributed by atoms with E-state index in [4.69, 9.17) is 4.74 Å². The summed E-state index contributed by atoms with van der Waals surface area (Å²) in [4.78, 5) is 26.8. The lowest BCUT2D eigenvalue weighted by molar-refractivity contribution is 0.0277. The molecule has 1 atom stereocenters. The standard InChI is InChI=1S/C14H27N3O3/c1-11(9-15-12(18)17-7-6-8-17)10-16(5)13(19)20-14(2,3)4/h11H,6-10H2,1-5H3,(H,15,18). The Hall–Kier alpha value is -1.46. The molecule has 1 rings (SSSR count). The van der Waals surface area contributed by atoms with E-state index in [0.29, 0.717) is 13.1 Å². The second-order valence-corrected chi connectivity index (χ2v) is 6.49. The maximum Gasteiger partial charge on any atom is 0.410 e. The molecule has 1 fully saturated rings. The van der Waals surface area contributed by atoms with Crippen molar-refractivity contribution in [1.29, 1.82) is 0 Å². The summed E-state index contributed by atoms with van der Waals surface area (Å²) in [5.74, 6) is 0.178. The summed E-state index contributed by atoms with van der Waals surface area (Å²) in [6.07, 6.45) is 0.753. The molecule has 1 aliphatic rings. The van der Waals surface area contributed by atoms with Crippen molar-refractivity contribution in [2.75, 3.05) is 33.2 Å². The van der Waals surface area contributed by atoms with Gasteiger partial charge in [0.25, 0.3) is 0 Å². The zero-order chi connectivity index (χ0) is 15.3. The van der Waals surface area contributed by atoms with E-state index in [-0.39, 0.29) is 18.0 Å². The minimum atomic E-state index is -0.486. The number of nitrogens with one attached hydrogen (secondary N) is 1. The summed E-state index contributed by atoms with van der Waals surface area (Å²) in [5.41, 5.74) is -0.486. The van der Waals surface area contributed by atoms with Crippen LogP contribution in [0.1, 0.15) is 34.1 Å². The molecule has 0 aromatic heterocycles. The Bertz CT molecular complexity index is 348. The molecule has 0 aliphatic carbocycles. The van der Waals surface area contributed by atoms with Gasteiger partial charge in [0, 0.05) is 33.2 Å². The molecule has 1 saturated heterocycles. The third kappa shape index (κ3) is 5.67. The van der Waals surface area contributed by atoms with Crippen molar-refractivity contribution in [2.45, 2.75) is 39.7 Å². The third-order valence-corrected chi connectivity index (χ3v) is 3.04. The molecule has 1 heterocycles. The fraction of sp³-hybridized carbons (Fsp3) is 0.857. The molecular formula is C14H27N3O3. The molecule has 0 spiro atoms. The van der Waals surface area contributed by atoms with Crippen molar-refractivity contribution in [3.8, 4) is 0 Å². The van der Waals surface area contributed by atoms with E-state index >= 15 is 0 Å². The Morgan fingerprint density at radius 3 is 2.40 bits per heavy atom. The van der Waals surface area contributed by atoms with E-state index in [0.717, 1.165) is 19.5 Å². The van der Waals surface area contributed by atoms with E-state index in [1.54, 1.807) is 16.8 Å². The summed E-state index contributed by atoms with van der Waals surface area (Å²) < 4.78 is 5.28. The summed E-state index contributed by atoms with van der Waals surface area (Å²) in [6.45, 7) is 10.3. The number of hydrogen-bond acceptors (Lipinski definition) is 3. The lowest BCUT2D eigenvalue weighted by Gasteiger charge is -2.31. The number of hydrogen-bond donors (Lipinski definition) is 1. The first-order valence-corrected chi connectivity index (χ1v) is 7.16. The molecule has 0 saturated carbocycles. The van der Waals surface area contributed by atoms with Gasteiger partial charge in [-0.25, -0.2) is 9.59 Å². The highest BCUT2D eigenvalue weighted by Gasteiger charge is 2.22. The number of amides is 3. The van der Waals surface area contributed by atoms with Crippen molar-refractivity contribution in [2.24, 2.45) is 5.92 Å².